The highest BCUT2D eigenvalue weighted by molar-refractivity contribution is 9.10. The van der Waals surface area contributed by atoms with E-state index in [4.69, 9.17) is 4.74 Å². The van der Waals surface area contributed by atoms with Crippen molar-refractivity contribution >= 4 is 15.9 Å². The monoisotopic (exact) mass is 326 g/mol. The fraction of sp³-hybridized carbons (Fsp3) is 0.600. The predicted molar refractivity (Wildman–Crippen MR) is 82.6 cm³/mol. The fourth-order valence-electron chi connectivity index (χ4n) is 2.31. The van der Waals surface area contributed by atoms with Gasteiger partial charge < -0.3 is 15.4 Å². The first-order valence-corrected chi connectivity index (χ1v) is 7.65. The molecule has 0 radical (unpaired) electrons. The van der Waals surface area contributed by atoms with Crippen molar-refractivity contribution in [1.29, 1.82) is 0 Å². The zero-order valence-electron chi connectivity index (χ0n) is 11.7. The Bertz CT molecular complexity index is 386. The Morgan fingerprint density at radius 3 is 2.74 bits per heavy atom. The first kappa shape index (κ1) is 15.0. The van der Waals surface area contributed by atoms with Crippen molar-refractivity contribution in [1.82, 2.24) is 10.6 Å². The molecule has 4 heteroatoms. The maximum absolute atomic E-state index is 5.45. The molecule has 1 aromatic carbocycles. The van der Waals surface area contributed by atoms with E-state index in [-0.39, 0.29) is 5.41 Å². The molecule has 19 heavy (non-hydrogen) atoms. The molecule has 1 aliphatic rings. The molecule has 1 heterocycles. The normalized spacial score (nSPS) is 20.5. The van der Waals surface area contributed by atoms with Gasteiger partial charge in [0.25, 0.3) is 0 Å². The third-order valence-corrected chi connectivity index (χ3v) is 4.11. The molecule has 1 aromatic rings. The first-order chi connectivity index (χ1) is 9.08. The summed E-state index contributed by atoms with van der Waals surface area (Å²) in [4.78, 5) is 0. The van der Waals surface area contributed by atoms with Crippen molar-refractivity contribution in [3.63, 3.8) is 0 Å². The van der Waals surface area contributed by atoms with E-state index in [1.807, 2.05) is 0 Å². The highest BCUT2D eigenvalue weighted by Crippen LogP contribution is 2.23. The largest absolute Gasteiger partial charge is 0.378 e. The van der Waals surface area contributed by atoms with Crippen LogP contribution in [0.5, 0.6) is 0 Å². The number of benzene rings is 1. The van der Waals surface area contributed by atoms with Crippen LogP contribution in [0.2, 0.25) is 0 Å². The van der Waals surface area contributed by atoms with Gasteiger partial charge in [0.15, 0.2) is 0 Å². The molecule has 1 saturated heterocycles. The van der Waals surface area contributed by atoms with Gasteiger partial charge in [0, 0.05) is 35.6 Å². The van der Waals surface area contributed by atoms with Crippen molar-refractivity contribution in [2.75, 3.05) is 32.8 Å². The van der Waals surface area contributed by atoms with Gasteiger partial charge in [0.05, 0.1) is 13.2 Å². The lowest BCUT2D eigenvalue weighted by Crippen LogP contribution is -2.48. The summed E-state index contributed by atoms with van der Waals surface area (Å²) in [5.74, 6) is 0. The second-order valence-electron chi connectivity index (χ2n) is 5.75. The van der Waals surface area contributed by atoms with Gasteiger partial charge >= 0.3 is 0 Å². The topological polar surface area (TPSA) is 33.3 Å². The average molecular weight is 327 g/mol. The maximum Gasteiger partial charge on any atom is 0.0632 e. The van der Waals surface area contributed by atoms with Gasteiger partial charge in [-0.1, -0.05) is 41.9 Å². The Hall–Kier alpha value is -0.420. The van der Waals surface area contributed by atoms with E-state index in [0.717, 1.165) is 37.3 Å². The van der Waals surface area contributed by atoms with Crippen LogP contribution in [0, 0.1) is 0 Å². The van der Waals surface area contributed by atoms with Crippen molar-refractivity contribution in [2.24, 2.45) is 0 Å². The molecule has 2 rings (SSSR count). The van der Waals surface area contributed by atoms with Gasteiger partial charge in [-0.15, -0.1) is 0 Å². The van der Waals surface area contributed by atoms with Crippen LogP contribution in [-0.4, -0.2) is 38.9 Å². The minimum Gasteiger partial charge on any atom is -0.378 e. The summed E-state index contributed by atoms with van der Waals surface area (Å²) in [6.45, 7) is 9.07. The van der Waals surface area contributed by atoms with Crippen LogP contribution in [0.1, 0.15) is 19.4 Å². The lowest BCUT2D eigenvalue weighted by atomic mass is 9.84. The SMILES string of the molecule is CC(C)(CNCC1COCCN1)c1ccc(Br)cc1. The molecule has 0 amide bonds. The molecular formula is C15H23BrN2O. The van der Waals surface area contributed by atoms with Gasteiger partial charge in [-0.05, 0) is 17.7 Å². The van der Waals surface area contributed by atoms with Crippen molar-refractivity contribution in [3.05, 3.63) is 34.3 Å². The zero-order chi connectivity index (χ0) is 13.7. The van der Waals surface area contributed by atoms with Gasteiger partial charge in [-0.2, -0.15) is 0 Å². The Labute approximate surface area is 124 Å². The van der Waals surface area contributed by atoms with Crippen molar-refractivity contribution in [3.8, 4) is 0 Å². The zero-order valence-corrected chi connectivity index (χ0v) is 13.3. The van der Waals surface area contributed by atoms with Crippen molar-refractivity contribution < 1.29 is 4.74 Å². The smallest absolute Gasteiger partial charge is 0.0632 e. The van der Waals surface area contributed by atoms with Crippen LogP contribution < -0.4 is 10.6 Å². The number of hydrogen-bond donors (Lipinski definition) is 2. The molecule has 1 unspecified atom stereocenters. The molecule has 3 nitrogen and oxygen atoms in total. The van der Waals surface area contributed by atoms with Gasteiger partial charge in [0.2, 0.25) is 0 Å². The molecular weight excluding hydrogens is 304 g/mol. The average Bonchev–Trinajstić information content (AvgIpc) is 2.40. The van der Waals surface area contributed by atoms with Gasteiger partial charge in [-0.3, -0.25) is 0 Å². The van der Waals surface area contributed by atoms with Crippen molar-refractivity contribution in [2.45, 2.75) is 25.3 Å². The third kappa shape index (κ3) is 4.56. The number of ether oxygens (including phenoxy) is 1. The number of rotatable bonds is 5. The summed E-state index contributed by atoms with van der Waals surface area (Å²) in [5, 5.41) is 7.01. The Kier molecular flexibility index (Phi) is 5.39. The molecule has 1 aliphatic heterocycles. The maximum atomic E-state index is 5.45. The van der Waals surface area contributed by atoms with Crippen LogP contribution in [0.15, 0.2) is 28.7 Å². The van der Waals surface area contributed by atoms with Crippen LogP contribution >= 0.6 is 15.9 Å². The molecule has 0 spiro atoms. The summed E-state index contributed by atoms with van der Waals surface area (Å²) >= 11 is 3.48. The quantitative estimate of drug-likeness (QED) is 0.871. The molecule has 1 fully saturated rings. The molecule has 0 saturated carbocycles. The summed E-state index contributed by atoms with van der Waals surface area (Å²) < 4.78 is 6.58. The molecule has 2 N–H and O–H groups in total. The standard InChI is InChI=1S/C15H23BrN2O/c1-15(2,12-3-5-13(16)6-4-12)11-17-9-14-10-19-8-7-18-14/h3-6,14,17-18H,7-11H2,1-2H3. The fourth-order valence-corrected chi connectivity index (χ4v) is 2.58. The predicted octanol–water partition coefficient (Wildman–Crippen LogP) is 2.30. The number of morpholine rings is 1. The van der Waals surface area contributed by atoms with Gasteiger partial charge in [-0.25, -0.2) is 0 Å². The second kappa shape index (κ2) is 6.84. The van der Waals surface area contributed by atoms with Crippen LogP contribution in [0.25, 0.3) is 0 Å². The van der Waals surface area contributed by atoms with Crippen LogP contribution in [0.3, 0.4) is 0 Å². The summed E-state index contributed by atoms with van der Waals surface area (Å²) in [5.41, 5.74) is 1.49. The number of hydrogen-bond acceptors (Lipinski definition) is 3. The third-order valence-electron chi connectivity index (χ3n) is 3.58. The van der Waals surface area contributed by atoms with E-state index in [1.54, 1.807) is 0 Å². The summed E-state index contributed by atoms with van der Waals surface area (Å²) in [7, 11) is 0. The van der Waals surface area contributed by atoms with E-state index in [0.29, 0.717) is 6.04 Å². The first-order valence-electron chi connectivity index (χ1n) is 6.86. The lowest BCUT2D eigenvalue weighted by molar-refractivity contribution is 0.0764. The Morgan fingerprint density at radius 1 is 1.37 bits per heavy atom. The minimum atomic E-state index is 0.135. The highest BCUT2D eigenvalue weighted by atomic mass is 79.9. The molecule has 0 aliphatic carbocycles. The summed E-state index contributed by atoms with van der Waals surface area (Å²) in [6, 6.07) is 9.03. The van der Waals surface area contributed by atoms with Crippen LogP contribution in [-0.2, 0) is 10.2 Å². The van der Waals surface area contributed by atoms with E-state index >= 15 is 0 Å². The molecule has 0 aromatic heterocycles. The highest BCUT2D eigenvalue weighted by Gasteiger charge is 2.21. The van der Waals surface area contributed by atoms with Gasteiger partial charge in [0.1, 0.15) is 0 Å². The molecule has 0 bridgehead atoms. The molecule has 1 atom stereocenters. The minimum absolute atomic E-state index is 0.135. The Morgan fingerprint density at radius 2 is 2.11 bits per heavy atom. The van der Waals surface area contributed by atoms with E-state index in [1.165, 1.54) is 5.56 Å². The number of nitrogens with one attached hydrogen (secondary N) is 2. The summed E-state index contributed by atoms with van der Waals surface area (Å²) in [6.07, 6.45) is 0. The lowest BCUT2D eigenvalue weighted by Gasteiger charge is -2.29. The number of halogens is 1. The Balaban J connectivity index is 1.81. The molecule has 106 valence electrons. The van der Waals surface area contributed by atoms with Crippen LogP contribution in [0.4, 0.5) is 0 Å². The van der Waals surface area contributed by atoms with E-state index < -0.39 is 0 Å². The van der Waals surface area contributed by atoms with E-state index in [2.05, 4.69) is 64.7 Å². The second-order valence-corrected chi connectivity index (χ2v) is 6.66. The van der Waals surface area contributed by atoms with E-state index in [9.17, 15) is 0 Å².